The molecule has 0 bridgehead atoms. The van der Waals surface area contributed by atoms with Crippen molar-refractivity contribution in [2.24, 2.45) is 0 Å². The average molecular weight is 235 g/mol. The SMILES string of the molecule is Cc1ccc(-c2n[c]ncc2-c2ncc[nH]2)cc1. The van der Waals surface area contributed by atoms with Gasteiger partial charge in [0.25, 0.3) is 0 Å². The summed E-state index contributed by atoms with van der Waals surface area (Å²) in [6.45, 7) is 2.06. The zero-order chi connectivity index (χ0) is 12.4. The molecule has 0 atom stereocenters. The van der Waals surface area contributed by atoms with Gasteiger partial charge in [-0.1, -0.05) is 29.8 Å². The molecule has 0 aliphatic carbocycles. The molecule has 0 saturated heterocycles. The van der Waals surface area contributed by atoms with Crippen LogP contribution in [0.2, 0.25) is 0 Å². The first-order valence-corrected chi connectivity index (χ1v) is 5.64. The number of H-pyrrole nitrogens is 1. The van der Waals surface area contributed by atoms with Crippen molar-refractivity contribution in [2.45, 2.75) is 6.92 Å². The van der Waals surface area contributed by atoms with Gasteiger partial charge in [0.2, 0.25) is 0 Å². The lowest BCUT2D eigenvalue weighted by Crippen LogP contribution is -1.92. The van der Waals surface area contributed by atoms with Gasteiger partial charge >= 0.3 is 0 Å². The van der Waals surface area contributed by atoms with E-state index in [0.717, 1.165) is 22.6 Å². The van der Waals surface area contributed by atoms with E-state index in [4.69, 9.17) is 0 Å². The fraction of sp³-hybridized carbons (Fsp3) is 0.0714. The standard InChI is InChI=1S/C14H11N4/c1-10-2-4-11(5-3-10)13-12(8-15-9-18-13)14-16-6-7-17-14/h2-8H,1H3,(H,16,17). The quantitative estimate of drug-likeness (QED) is 0.742. The summed E-state index contributed by atoms with van der Waals surface area (Å²) in [6, 6.07) is 8.20. The Kier molecular flexibility index (Phi) is 2.61. The summed E-state index contributed by atoms with van der Waals surface area (Å²) in [5.41, 5.74) is 3.96. The number of benzene rings is 1. The summed E-state index contributed by atoms with van der Waals surface area (Å²) in [6.07, 6.45) is 7.85. The zero-order valence-electron chi connectivity index (χ0n) is 9.88. The van der Waals surface area contributed by atoms with Crippen LogP contribution in [0.15, 0.2) is 42.9 Å². The van der Waals surface area contributed by atoms with E-state index >= 15 is 0 Å². The molecule has 1 aromatic carbocycles. The molecule has 2 aromatic heterocycles. The molecular formula is C14H11N4. The molecule has 2 heterocycles. The Morgan fingerprint density at radius 1 is 1.17 bits per heavy atom. The monoisotopic (exact) mass is 235 g/mol. The summed E-state index contributed by atoms with van der Waals surface area (Å²) < 4.78 is 0. The van der Waals surface area contributed by atoms with E-state index < -0.39 is 0 Å². The van der Waals surface area contributed by atoms with Gasteiger partial charge in [-0.25, -0.2) is 15.0 Å². The molecule has 0 fully saturated rings. The highest BCUT2D eigenvalue weighted by Crippen LogP contribution is 2.26. The molecule has 18 heavy (non-hydrogen) atoms. The Labute approximate surface area is 105 Å². The van der Waals surface area contributed by atoms with Gasteiger partial charge in [0.1, 0.15) is 5.82 Å². The fourth-order valence-electron chi connectivity index (χ4n) is 1.81. The highest BCUT2D eigenvalue weighted by atomic mass is 14.9. The maximum Gasteiger partial charge on any atom is 0.198 e. The summed E-state index contributed by atoms with van der Waals surface area (Å²) in [5.74, 6) is 0.763. The van der Waals surface area contributed by atoms with Crippen LogP contribution in [0.5, 0.6) is 0 Å². The summed E-state index contributed by atoms with van der Waals surface area (Å²) in [5, 5.41) is 0. The minimum atomic E-state index is 0.763. The summed E-state index contributed by atoms with van der Waals surface area (Å²) >= 11 is 0. The molecule has 87 valence electrons. The maximum absolute atomic E-state index is 4.24. The minimum absolute atomic E-state index is 0.763. The molecule has 0 saturated carbocycles. The molecule has 4 heteroatoms. The maximum atomic E-state index is 4.24. The highest BCUT2D eigenvalue weighted by Gasteiger charge is 2.10. The number of aryl methyl sites for hydroxylation is 1. The number of nitrogens with one attached hydrogen (secondary N) is 1. The molecule has 0 aliphatic heterocycles. The van der Waals surface area contributed by atoms with Crippen LogP contribution in [0.3, 0.4) is 0 Å². The first-order chi connectivity index (χ1) is 8.84. The van der Waals surface area contributed by atoms with Crippen molar-refractivity contribution in [3.63, 3.8) is 0 Å². The number of hydrogen-bond acceptors (Lipinski definition) is 3. The number of imidazole rings is 1. The summed E-state index contributed by atoms with van der Waals surface area (Å²) in [7, 11) is 0. The van der Waals surface area contributed by atoms with Crippen LogP contribution in [0.1, 0.15) is 5.56 Å². The number of aromatic amines is 1. The molecule has 0 spiro atoms. The number of hydrogen-bond donors (Lipinski definition) is 1. The van der Waals surface area contributed by atoms with E-state index in [-0.39, 0.29) is 0 Å². The molecule has 1 N–H and O–H groups in total. The predicted octanol–water partition coefficient (Wildman–Crippen LogP) is 2.64. The number of nitrogens with zero attached hydrogens (tertiary/aromatic N) is 3. The lowest BCUT2D eigenvalue weighted by Gasteiger charge is -2.05. The normalized spacial score (nSPS) is 10.5. The lowest BCUT2D eigenvalue weighted by molar-refractivity contribution is 1.14. The van der Waals surface area contributed by atoms with E-state index in [2.05, 4.69) is 45.3 Å². The Morgan fingerprint density at radius 2 is 2.00 bits per heavy atom. The van der Waals surface area contributed by atoms with Crippen molar-refractivity contribution in [2.75, 3.05) is 0 Å². The van der Waals surface area contributed by atoms with E-state index in [9.17, 15) is 0 Å². The topological polar surface area (TPSA) is 54.5 Å². The zero-order valence-corrected chi connectivity index (χ0v) is 9.88. The first kappa shape index (κ1) is 10.7. The molecular weight excluding hydrogens is 224 g/mol. The highest BCUT2D eigenvalue weighted by molar-refractivity contribution is 5.76. The van der Waals surface area contributed by atoms with Crippen LogP contribution in [0, 0.1) is 13.3 Å². The molecule has 1 radical (unpaired) electrons. The Morgan fingerprint density at radius 3 is 2.72 bits per heavy atom. The number of rotatable bonds is 2. The Hall–Kier alpha value is -2.49. The first-order valence-electron chi connectivity index (χ1n) is 5.64. The number of aromatic nitrogens is 4. The van der Waals surface area contributed by atoms with E-state index in [1.54, 1.807) is 18.6 Å². The molecule has 3 aromatic rings. The third-order valence-electron chi connectivity index (χ3n) is 2.75. The van der Waals surface area contributed by atoms with Crippen molar-refractivity contribution in [3.05, 3.63) is 54.7 Å². The van der Waals surface area contributed by atoms with Crippen LogP contribution in [-0.4, -0.2) is 19.9 Å². The Bertz CT molecular complexity index is 642. The minimum Gasteiger partial charge on any atom is -0.345 e. The van der Waals surface area contributed by atoms with Gasteiger partial charge in [-0.2, -0.15) is 0 Å². The van der Waals surface area contributed by atoms with Crippen LogP contribution < -0.4 is 0 Å². The third kappa shape index (κ3) is 1.88. The van der Waals surface area contributed by atoms with Crippen LogP contribution in [0.4, 0.5) is 0 Å². The van der Waals surface area contributed by atoms with Gasteiger partial charge in [-0.05, 0) is 6.92 Å². The third-order valence-corrected chi connectivity index (χ3v) is 2.75. The fourth-order valence-corrected chi connectivity index (χ4v) is 1.81. The van der Waals surface area contributed by atoms with Crippen LogP contribution in [0.25, 0.3) is 22.6 Å². The van der Waals surface area contributed by atoms with Gasteiger partial charge in [0.05, 0.1) is 11.3 Å². The van der Waals surface area contributed by atoms with Gasteiger partial charge in [0, 0.05) is 24.2 Å². The van der Waals surface area contributed by atoms with Gasteiger partial charge in [-0.15, -0.1) is 0 Å². The molecule has 0 aliphatic rings. The van der Waals surface area contributed by atoms with Crippen molar-refractivity contribution in [1.82, 2.24) is 19.9 Å². The van der Waals surface area contributed by atoms with Crippen molar-refractivity contribution < 1.29 is 0 Å². The second-order valence-corrected chi connectivity index (χ2v) is 4.04. The van der Waals surface area contributed by atoms with E-state index in [1.165, 1.54) is 5.56 Å². The van der Waals surface area contributed by atoms with Gasteiger partial charge in [-0.3, -0.25) is 0 Å². The van der Waals surface area contributed by atoms with Crippen molar-refractivity contribution >= 4 is 0 Å². The molecule has 3 rings (SSSR count). The second kappa shape index (κ2) is 4.41. The largest absolute Gasteiger partial charge is 0.345 e. The van der Waals surface area contributed by atoms with Crippen molar-refractivity contribution in [1.29, 1.82) is 0 Å². The van der Waals surface area contributed by atoms with E-state index in [0.29, 0.717) is 0 Å². The average Bonchev–Trinajstić information content (AvgIpc) is 2.93. The van der Waals surface area contributed by atoms with Gasteiger partial charge in [0.15, 0.2) is 6.33 Å². The van der Waals surface area contributed by atoms with Crippen molar-refractivity contribution in [3.8, 4) is 22.6 Å². The molecule has 0 amide bonds. The lowest BCUT2D eigenvalue weighted by atomic mass is 10.1. The summed E-state index contributed by atoms with van der Waals surface area (Å²) in [4.78, 5) is 15.5. The smallest absolute Gasteiger partial charge is 0.198 e. The second-order valence-electron chi connectivity index (χ2n) is 4.04. The van der Waals surface area contributed by atoms with Gasteiger partial charge < -0.3 is 4.98 Å². The van der Waals surface area contributed by atoms with Crippen LogP contribution >= 0.6 is 0 Å². The van der Waals surface area contributed by atoms with Crippen LogP contribution in [-0.2, 0) is 0 Å². The van der Waals surface area contributed by atoms with E-state index in [1.807, 2.05) is 12.1 Å². The molecule has 0 unspecified atom stereocenters. The Balaban J connectivity index is 2.15. The predicted molar refractivity (Wildman–Crippen MR) is 68.6 cm³/mol. The molecule has 4 nitrogen and oxygen atoms in total.